The number of hydrogen-bond acceptors (Lipinski definition) is 4. The summed E-state index contributed by atoms with van der Waals surface area (Å²) >= 11 is 0. The van der Waals surface area contributed by atoms with Crippen LogP contribution in [0.1, 0.15) is 0 Å². The highest BCUT2D eigenvalue weighted by Crippen LogP contribution is 2.11. The number of ether oxygens (including phenoxy) is 1. The fourth-order valence-corrected chi connectivity index (χ4v) is 3.34. The summed E-state index contributed by atoms with van der Waals surface area (Å²) in [5.74, 6) is 0.349. The van der Waals surface area contributed by atoms with Gasteiger partial charge >= 0.3 is 0 Å². The smallest absolute Gasteiger partial charge is 0.179 e. The second kappa shape index (κ2) is 8.08. The van der Waals surface area contributed by atoms with Crippen molar-refractivity contribution in [1.29, 1.82) is 0 Å². The maximum atomic E-state index is 12.8. The van der Waals surface area contributed by atoms with E-state index in [1.807, 2.05) is 11.9 Å². The fourth-order valence-electron chi connectivity index (χ4n) is 1.98. The Morgan fingerprint density at radius 1 is 1.00 bits per heavy atom. The lowest BCUT2D eigenvalue weighted by Crippen LogP contribution is -2.29. The van der Waals surface area contributed by atoms with Gasteiger partial charge < -0.3 is 9.64 Å². The highest BCUT2D eigenvalue weighted by Gasteiger charge is 2.14. The van der Waals surface area contributed by atoms with E-state index in [4.69, 9.17) is 4.74 Å². The normalized spacial score (nSPS) is 11.6. The summed E-state index contributed by atoms with van der Waals surface area (Å²) in [4.78, 5) is 2.24. The summed E-state index contributed by atoms with van der Waals surface area (Å²) in [5, 5.41) is 0. The summed E-state index contributed by atoms with van der Waals surface area (Å²) in [7, 11) is -1.42. The minimum absolute atomic E-state index is 0.0596. The second-order valence-corrected chi connectivity index (χ2v) is 7.35. The second-order valence-electron chi connectivity index (χ2n) is 5.24. The predicted molar refractivity (Wildman–Crippen MR) is 87.9 cm³/mol. The molecule has 2 aromatic rings. The van der Waals surface area contributed by atoms with Crippen molar-refractivity contribution in [3.63, 3.8) is 0 Å². The average Bonchev–Trinajstić information content (AvgIpc) is 2.56. The van der Waals surface area contributed by atoms with Gasteiger partial charge in [-0.15, -0.1) is 0 Å². The molecule has 124 valence electrons. The third-order valence-corrected chi connectivity index (χ3v) is 5.11. The van der Waals surface area contributed by atoms with Crippen LogP contribution in [0, 0.1) is 5.82 Å². The van der Waals surface area contributed by atoms with Crippen molar-refractivity contribution >= 4 is 9.84 Å². The molecule has 0 saturated heterocycles. The predicted octanol–water partition coefficient (Wildman–Crippen LogP) is 2.61. The number of rotatable bonds is 8. The molecule has 0 aliphatic carbocycles. The molecular formula is C17H20FNO3S. The quantitative estimate of drug-likeness (QED) is 0.743. The van der Waals surface area contributed by atoms with Crippen molar-refractivity contribution in [2.45, 2.75) is 4.90 Å². The van der Waals surface area contributed by atoms with Crippen molar-refractivity contribution in [3.8, 4) is 5.75 Å². The van der Waals surface area contributed by atoms with Crippen LogP contribution in [0.2, 0.25) is 0 Å². The van der Waals surface area contributed by atoms with Crippen LogP contribution < -0.4 is 4.74 Å². The Labute approximate surface area is 136 Å². The number of benzene rings is 2. The number of hydrogen-bond donors (Lipinski definition) is 0. The van der Waals surface area contributed by atoms with Crippen LogP contribution in [0.15, 0.2) is 59.5 Å². The molecule has 0 bridgehead atoms. The summed E-state index contributed by atoms with van der Waals surface area (Å²) in [6, 6.07) is 14.2. The number of nitrogens with zero attached hydrogens (tertiary/aromatic N) is 1. The maximum Gasteiger partial charge on any atom is 0.179 e. The molecule has 0 aromatic heterocycles. The lowest BCUT2D eigenvalue weighted by molar-refractivity contribution is 0.244. The van der Waals surface area contributed by atoms with Crippen molar-refractivity contribution < 1.29 is 17.5 Å². The van der Waals surface area contributed by atoms with Crippen LogP contribution in [0.5, 0.6) is 5.75 Å². The number of sulfone groups is 1. The minimum Gasteiger partial charge on any atom is -0.492 e. The van der Waals surface area contributed by atoms with Crippen molar-refractivity contribution in [2.75, 3.05) is 32.5 Å². The largest absolute Gasteiger partial charge is 0.492 e. The molecule has 0 fully saturated rings. The Morgan fingerprint density at radius 3 is 2.30 bits per heavy atom. The van der Waals surface area contributed by atoms with E-state index in [0.29, 0.717) is 30.3 Å². The SMILES string of the molecule is CN(CCOc1ccc(F)cc1)CCS(=O)(=O)c1ccccc1. The van der Waals surface area contributed by atoms with Gasteiger partial charge in [0.1, 0.15) is 18.2 Å². The lowest BCUT2D eigenvalue weighted by atomic mass is 10.3. The van der Waals surface area contributed by atoms with Gasteiger partial charge in [0, 0.05) is 13.1 Å². The third-order valence-electron chi connectivity index (χ3n) is 3.40. The molecular weight excluding hydrogens is 317 g/mol. The summed E-state index contributed by atoms with van der Waals surface area (Å²) in [6.45, 7) is 1.42. The van der Waals surface area contributed by atoms with Gasteiger partial charge in [0.05, 0.1) is 10.6 Å². The number of halogens is 1. The first-order valence-corrected chi connectivity index (χ1v) is 8.97. The molecule has 2 rings (SSSR count). The van der Waals surface area contributed by atoms with E-state index in [1.165, 1.54) is 12.1 Å². The number of likely N-dealkylation sites (N-methyl/N-ethyl adjacent to an activating group) is 1. The lowest BCUT2D eigenvalue weighted by Gasteiger charge is -2.17. The molecule has 0 atom stereocenters. The Bertz CT molecular complexity index is 702. The van der Waals surface area contributed by atoms with Gasteiger partial charge in [0.25, 0.3) is 0 Å². The molecule has 0 spiro atoms. The van der Waals surface area contributed by atoms with Gasteiger partial charge in [-0.2, -0.15) is 0 Å². The van der Waals surface area contributed by atoms with Gasteiger partial charge in [-0.3, -0.25) is 0 Å². The Kier molecular flexibility index (Phi) is 6.12. The first kappa shape index (κ1) is 17.4. The Hall–Kier alpha value is -1.92. The van der Waals surface area contributed by atoms with Gasteiger partial charge in [-0.25, -0.2) is 12.8 Å². The Balaban J connectivity index is 1.74. The standard InChI is InChI=1S/C17H20FNO3S/c1-19(11-13-22-16-9-7-15(18)8-10-16)12-14-23(20,21)17-5-3-2-4-6-17/h2-10H,11-14H2,1H3. The third kappa shape index (κ3) is 5.65. The zero-order valence-corrected chi connectivity index (χ0v) is 13.8. The van der Waals surface area contributed by atoms with Crippen LogP contribution in [-0.4, -0.2) is 45.8 Å². The van der Waals surface area contributed by atoms with E-state index in [1.54, 1.807) is 42.5 Å². The van der Waals surface area contributed by atoms with E-state index < -0.39 is 9.84 Å². The fraction of sp³-hybridized carbons (Fsp3) is 0.294. The van der Waals surface area contributed by atoms with Crippen molar-refractivity contribution in [2.24, 2.45) is 0 Å². The zero-order chi connectivity index (χ0) is 16.7. The molecule has 4 nitrogen and oxygen atoms in total. The molecule has 0 aliphatic heterocycles. The van der Waals surface area contributed by atoms with Gasteiger partial charge in [0.2, 0.25) is 0 Å². The van der Waals surface area contributed by atoms with Crippen molar-refractivity contribution in [1.82, 2.24) is 4.90 Å². The first-order valence-electron chi connectivity index (χ1n) is 7.32. The molecule has 0 unspecified atom stereocenters. The summed E-state index contributed by atoms with van der Waals surface area (Å²) in [5.41, 5.74) is 0. The highest BCUT2D eigenvalue weighted by atomic mass is 32.2. The summed E-state index contributed by atoms with van der Waals surface area (Å²) < 4.78 is 42.6. The van der Waals surface area contributed by atoms with Crippen LogP contribution in [-0.2, 0) is 9.84 Å². The molecule has 6 heteroatoms. The molecule has 0 saturated carbocycles. The molecule has 0 radical (unpaired) electrons. The van der Waals surface area contributed by atoms with Gasteiger partial charge in [-0.05, 0) is 43.4 Å². The van der Waals surface area contributed by atoms with Crippen LogP contribution in [0.3, 0.4) is 0 Å². The van der Waals surface area contributed by atoms with E-state index in [2.05, 4.69) is 0 Å². The molecule has 23 heavy (non-hydrogen) atoms. The molecule has 0 heterocycles. The zero-order valence-electron chi connectivity index (χ0n) is 13.0. The van der Waals surface area contributed by atoms with Gasteiger partial charge in [-0.1, -0.05) is 18.2 Å². The minimum atomic E-state index is -3.26. The van der Waals surface area contributed by atoms with E-state index in [0.717, 1.165) is 0 Å². The van der Waals surface area contributed by atoms with Crippen LogP contribution >= 0.6 is 0 Å². The van der Waals surface area contributed by atoms with E-state index in [9.17, 15) is 12.8 Å². The average molecular weight is 337 g/mol. The Morgan fingerprint density at radius 2 is 1.65 bits per heavy atom. The molecule has 0 N–H and O–H groups in total. The summed E-state index contributed by atoms with van der Waals surface area (Å²) in [6.07, 6.45) is 0. The molecule has 2 aromatic carbocycles. The molecule has 0 amide bonds. The van der Waals surface area contributed by atoms with Crippen LogP contribution in [0.4, 0.5) is 4.39 Å². The van der Waals surface area contributed by atoms with Crippen LogP contribution in [0.25, 0.3) is 0 Å². The highest BCUT2D eigenvalue weighted by molar-refractivity contribution is 7.91. The first-order chi connectivity index (χ1) is 11.0. The van der Waals surface area contributed by atoms with E-state index in [-0.39, 0.29) is 11.6 Å². The monoisotopic (exact) mass is 337 g/mol. The molecule has 0 aliphatic rings. The van der Waals surface area contributed by atoms with Crippen molar-refractivity contribution in [3.05, 3.63) is 60.4 Å². The topological polar surface area (TPSA) is 46.6 Å². The van der Waals surface area contributed by atoms with Gasteiger partial charge in [0.15, 0.2) is 9.84 Å². The maximum absolute atomic E-state index is 12.8. The van der Waals surface area contributed by atoms with E-state index >= 15 is 0 Å².